The summed E-state index contributed by atoms with van der Waals surface area (Å²) >= 11 is 0. The topological polar surface area (TPSA) is 78.9 Å². The average molecular weight is 992 g/mol. The molecule has 0 saturated carbocycles. The smallest absolute Gasteiger partial charge is 0.306 e. The first kappa shape index (κ1) is 67.8. The molecule has 0 saturated heterocycles. The molecule has 0 aromatic rings. The lowest BCUT2D eigenvalue weighted by Gasteiger charge is -2.18. The molecule has 0 aliphatic rings. The second-order valence-electron chi connectivity index (χ2n) is 20.2. The highest BCUT2D eigenvalue weighted by Crippen LogP contribution is 2.16. The van der Waals surface area contributed by atoms with Crippen molar-refractivity contribution in [1.82, 2.24) is 0 Å². The maximum Gasteiger partial charge on any atom is 0.306 e. The Morgan fingerprint density at radius 1 is 0.296 bits per heavy atom. The number of hydrogen-bond donors (Lipinski definition) is 0. The van der Waals surface area contributed by atoms with Gasteiger partial charge < -0.3 is 14.2 Å². The lowest BCUT2D eigenvalue weighted by atomic mass is 10.0. The minimum Gasteiger partial charge on any atom is -0.462 e. The predicted molar refractivity (Wildman–Crippen MR) is 307 cm³/mol. The quantitative estimate of drug-likeness (QED) is 0.0261. The van der Waals surface area contributed by atoms with E-state index in [9.17, 15) is 14.4 Å². The van der Waals surface area contributed by atoms with Gasteiger partial charge in [-0.2, -0.15) is 0 Å². The third-order valence-corrected chi connectivity index (χ3v) is 13.2. The Morgan fingerprint density at radius 3 is 0.859 bits per heavy atom. The number of carbonyl (C=O) groups is 3. The molecular weight excluding hydrogens is 877 g/mol. The van der Waals surface area contributed by atoms with E-state index in [0.29, 0.717) is 19.3 Å². The molecule has 0 aliphatic heterocycles. The first-order valence-corrected chi connectivity index (χ1v) is 30.4. The van der Waals surface area contributed by atoms with Crippen molar-refractivity contribution in [2.75, 3.05) is 13.2 Å². The van der Waals surface area contributed by atoms with Crippen LogP contribution in [0.2, 0.25) is 0 Å². The van der Waals surface area contributed by atoms with E-state index in [0.717, 1.165) is 109 Å². The van der Waals surface area contributed by atoms with Gasteiger partial charge in [0.2, 0.25) is 0 Å². The number of allylic oxidation sites excluding steroid dienone is 12. The molecule has 0 aromatic heterocycles. The Balaban J connectivity index is 4.30. The molecule has 1 unspecified atom stereocenters. The highest BCUT2D eigenvalue weighted by Gasteiger charge is 2.19. The maximum atomic E-state index is 12.9. The van der Waals surface area contributed by atoms with Crippen molar-refractivity contribution in [3.63, 3.8) is 0 Å². The molecule has 6 nitrogen and oxygen atoms in total. The largest absolute Gasteiger partial charge is 0.462 e. The third kappa shape index (κ3) is 57.6. The standard InChI is InChI=1S/C65H114O6/c1-4-7-10-13-16-19-22-25-27-28-29-30-31-32-33-34-35-36-38-40-43-46-49-52-55-58-64(67)70-61-62(60-69-63(66)57-54-51-48-45-42-39-24-21-18-15-12-9-6-3)71-65(68)59-56-53-50-47-44-41-37-26-23-20-17-14-11-8-5-2/h8,11,17,20,22,25-26,28-29,31-32,37,62H,4-7,9-10,12-16,18-19,21,23-24,27,30,33-36,38-61H2,1-3H3/b11-8-,20-17-,25-22-,29-28-,32-31-,37-26-. The van der Waals surface area contributed by atoms with E-state index in [-0.39, 0.29) is 31.1 Å². The Morgan fingerprint density at radius 2 is 0.549 bits per heavy atom. The van der Waals surface area contributed by atoms with Crippen molar-refractivity contribution in [2.24, 2.45) is 0 Å². The minimum atomic E-state index is -0.785. The number of ether oxygens (including phenoxy) is 3. The SMILES string of the molecule is CC/C=C\C/C=C\C/C=C\CCCCCCCC(=O)OC(COC(=O)CCCCCCCCCCCC/C=C\C/C=C\C/C=C\CCCCCCC)COC(=O)CCCCCCCCCCCCCCC. The van der Waals surface area contributed by atoms with Gasteiger partial charge in [-0.05, 0) is 89.9 Å². The second-order valence-corrected chi connectivity index (χ2v) is 20.2. The number of esters is 3. The van der Waals surface area contributed by atoms with Gasteiger partial charge in [0.05, 0.1) is 0 Å². The number of carbonyl (C=O) groups excluding carboxylic acids is 3. The minimum absolute atomic E-state index is 0.0811. The van der Waals surface area contributed by atoms with Crippen molar-refractivity contribution < 1.29 is 28.6 Å². The van der Waals surface area contributed by atoms with E-state index < -0.39 is 6.10 Å². The van der Waals surface area contributed by atoms with E-state index in [1.165, 1.54) is 154 Å². The van der Waals surface area contributed by atoms with E-state index in [2.05, 4.69) is 93.7 Å². The molecule has 0 amide bonds. The first-order valence-electron chi connectivity index (χ1n) is 30.4. The molecule has 71 heavy (non-hydrogen) atoms. The summed E-state index contributed by atoms with van der Waals surface area (Å²) in [5.74, 6) is -0.891. The van der Waals surface area contributed by atoms with Crippen LogP contribution in [0, 0.1) is 0 Å². The molecule has 6 heteroatoms. The highest BCUT2D eigenvalue weighted by atomic mass is 16.6. The fourth-order valence-corrected chi connectivity index (χ4v) is 8.64. The van der Waals surface area contributed by atoms with Gasteiger partial charge in [0.1, 0.15) is 13.2 Å². The molecule has 0 aromatic carbocycles. The van der Waals surface area contributed by atoms with Gasteiger partial charge in [0.15, 0.2) is 6.10 Å². The van der Waals surface area contributed by atoms with Crippen molar-refractivity contribution >= 4 is 17.9 Å². The number of rotatable bonds is 55. The van der Waals surface area contributed by atoms with Crippen LogP contribution < -0.4 is 0 Å². The van der Waals surface area contributed by atoms with Gasteiger partial charge in [-0.3, -0.25) is 14.4 Å². The Bertz CT molecular complexity index is 1320. The summed E-state index contributed by atoms with van der Waals surface area (Å²) < 4.78 is 16.9. The van der Waals surface area contributed by atoms with Gasteiger partial charge >= 0.3 is 17.9 Å². The monoisotopic (exact) mass is 991 g/mol. The average Bonchev–Trinajstić information content (AvgIpc) is 3.37. The second kappa shape index (κ2) is 59.4. The number of unbranched alkanes of at least 4 members (excludes halogenated alkanes) is 32. The Labute approximate surface area is 440 Å². The van der Waals surface area contributed by atoms with Gasteiger partial charge in [-0.15, -0.1) is 0 Å². The predicted octanol–water partition coefficient (Wildman–Crippen LogP) is 20.5. The van der Waals surface area contributed by atoms with Crippen molar-refractivity contribution in [3.05, 3.63) is 72.9 Å². The van der Waals surface area contributed by atoms with Crippen molar-refractivity contribution in [1.29, 1.82) is 0 Å². The molecule has 0 aliphatic carbocycles. The zero-order valence-electron chi connectivity index (χ0n) is 47.0. The van der Waals surface area contributed by atoms with Crippen LogP contribution >= 0.6 is 0 Å². The van der Waals surface area contributed by atoms with Gasteiger partial charge in [-0.25, -0.2) is 0 Å². The lowest BCUT2D eigenvalue weighted by Crippen LogP contribution is -2.30. The van der Waals surface area contributed by atoms with Crippen LogP contribution in [0.15, 0.2) is 72.9 Å². The van der Waals surface area contributed by atoms with E-state index in [1.807, 2.05) is 0 Å². The summed E-state index contributed by atoms with van der Waals surface area (Å²) in [6.45, 7) is 6.52. The summed E-state index contributed by atoms with van der Waals surface area (Å²) in [5.41, 5.74) is 0. The lowest BCUT2D eigenvalue weighted by molar-refractivity contribution is -0.167. The molecule has 0 spiro atoms. The molecule has 0 fully saturated rings. The van der Waals surface area contributed by atoms with E-state index in [1.54, 1.807) is 0 Å². The summed E-state index contributed by atoms with van der Waals surface area (Å²) in [6.07, 6.45) is 76.1. The summed E-state index contributed by atoms with van der Waals surface area (Å²) in [5, 5.41) is 0. The van der Waals surface area contributed by atoms with Gasteiger partial charge in [0, 0.05) is 19.3 Å². The summed E-state index contributed by atoms with van der Waals surface area (Å²) in [6, 6.07) is 0. The van der Waals surface area contributed by atoms with Crippen molar-refractivity contribution in [3.8, 4) is 0 Å². The molecule has 410 valence electrons. The summed E-state index contributed by atoms with van der Waals surface area (Å²) in [7, 11) is 0. The van der Waals surface area contributed by atoms with Crippen LogP contribution in [0.25, 0.3) is 0 Å². The zero-order chi connectivity index (χ0) is 51.4. The first-order chi connectivity index (χ1) is 35.0. The van der Waals surface area contributed by atoms with Crippen LogP contribution in [-0.2, 0) is 28.6 Å². The highest BCUT2D eigenvalue weighted by molar-refractivity contribution is 5.71. The molecule has 0 N–H and O–H groups in total. The maximum absolute atomic E-state index is 12.9. The molecule has 1 atom stereocenters. The molecule has 0 rings (SSSR count). The Kier molecular flexibility index (Phi) is 56.8. The van der Waals surface area contributed by atoms with E-state index in [4.69, 9.17) is 14.2 Å². The summed E-state index contributed by atoms with van der Waals surface area (Å²) in [4.78, 5) is 38.2. The van der Waals surface area contributed by atoms with Crippen LogP contribution in [0.1, 0.15) is 303 Å². The molecular formula is C65H114O6. The van der Waals surface area contributed by atoms with Crippen molar-refractivity contribution in [2.45, 2.75) is 309 Å². The Hall–Kier alpha value is -3.15. The van der Waals surface area contributed by atoms with Crippen LogP contribution in [0.3, 0.4) is 0 Å². The van der Waals surface area contributed by atoms with Gasteiger partial charge in [-0.1, -0.05) is 267 Å². The normalized spacial score (nSPS) is 12.5. The fourth-order valence-electron chi connectivity index (χ4n) is 8.64. The molecule has 0 radical (unpaired) electrons. The van der Waals surface area contributed by atoms with Crippen LogP contribution in [0.4, 0.5) is 0 Å². The fraction of sp³-hybridized carbons (Fsp3) is 0.769. The van der Waals surface area contributed by atoms with E-state index >= 15 is 0 Å². The molecule has 0 bridgehead atoms. The van der Waals surface area contributed by atoms with Crippen LogP contribution in [-0.4, -0.2) is 37.2 Å². The zero-order valence-corrected chi connectivity index (χ0v) is 47.0. The van der Waals surface area contributed by atoms with Crippen LogP contribution in [0.5, 0.6) is 0 Å². The number of hydrogen-bond acceptors (Lipinski definition) is 6. The molecule has 0 heterocycles. The van der Waals surface area contributed by atoms with Gasteiger partial charge in [0.25, 0.3) is 0 Å². The third-order valence-electron chi connectivity index (χ3n) is 13.2.